The van der Waals surface area contributed by atoms with Gasteiger partial charge < -0.3 is 19.5 Å². The minimum absolute atomic E-state index is 0.189. The lowest BCUT2D eigenvalue weighted by Gasteiger charge is -2.25. The number of aromatic hydroxyl groups is 1. The van der Waals surface area contributed by atoms with E-state index in [-0.39, 0.29) is 18.3 Å². The first kappa shape index (κ1) is 25.0. The van der Waals surface area contributed by atoms with Gasteiger partial charge in [-0.25, -0.2) is 14.8 Å². The van der Waals surface area contributed by atoms with Crippen molar-refractivity contribution < 1.29 is 19.4 Å². The van der Waals surface area contributed by atoms with Crippen molar-refractivity contribution in [1.29, 1.82) is 0 Å². The second-order valence-corrected chi connectivity index (χ2v) is 13.1. The first-order valence-electron chi connectivity index (χ1n) is 9.49. The third-order valence-corrected chi connectivity index (χ3v) is 6.35. The van der Waals surface area contributed by atoms with Gasteiger partial charge in [0.15, 0.2) is 0 Å². The van der Waals surface area contributed by atoms with Gasteiger partial charge >= 0.3 is 6.09 Å². The summed E-state index contributed by atoms with van der Waals surface area (Å²) in [4.78, 5) is 24.8. The Balaban J connectivity index is 0.000000352. The zero-order chi connectivity index (χ0) is 21.7. The van der Waals surface area contributed by atoms with E-state index in [1.165, 1.54) is 4.88 Å². The van der Waals surface area contributed by atoms with Gasteiger partial charge in [-0.1, -0.05) is 24.3 Å². The average Bonchev–Trinajstić information content (AvgIpc) is 3.16. The quantitative estimate of drug-likeness (QED) is 0.581. The number of aldehydes is 1. The molecule has 29 heavy (non-hydrogen) atoms. The minimum atomic E-state index is -0.586. The van der Waals surface area contributed by atoms with Crippen LogP contribution in [-0.4, -0.2) is 67.1 Å². The van der Waals surface area contributed by atoms with Crippen LogP contribution in [0, 0.1) is 0 Å². The maximum Gasteiger partial charge on any atom is 0.409 e. The van der Waals surface area contributed by atoms with Crippen LogP contribution in [0.25, 0.3) is 0 Å². The number of carbonyl (C=O) groups is 2. The molecule has 0 saturated heterocycles. The fraction of sp³-hybridized carbons (Fsp3) is 0.455. The van der Waals surface area contributed by atoms with E-state index < -0.39 is 10.0 Å². The minimum Gasteiger partial charge on any atom is -0.508 e. The average molecular weight is 440 g/mol. The first-order chi connectivity index (χ1) is 13.7. The van der Waals surface area contributed by atoms with E-state index in [0.717, 1.165) is 31.4 Å². The number of phenols is 1. The van der Waals surface area contributed by atoms with Gasteiger partial charge in [-0.15, -0.1) is 11.3 Å². The molecular formula is C22H33NO4S2. The smallest absolute Gasteiger partial charge is 0.409 e. The number of amides is 1. The largest absolute Gasteiger partial charge is 0.508 e. The molecule has 0 unspecified atom stereocenters. The van der Waals surface area contributed by atoms with Crippen LogP contribution in [0.2, 0.25) is 0 Å². The van der Waals surface area contributed by atoms with Crippen molar-refractivity contribution in [2.45, 2.75) is 19.3 Å². The molecule has 2 rings (SSSR count). The van der Waals surface area contributed by atoms with Crippen molar-refractivity contribution in [2.24, 2.45) is 0 Å². The molecule has 0 fully saturated rings. The molecular weight excluding hydrogens is 406 g/mol. The zero-order valence-corrected chi connectivity index (χ0v) is 19.4. The van der Waals surface area contributed by atoms with Crippen LogP contribution in [0.5, 0.6) is 5.75 Å². The van der Waals surface area contributed by atoms with E-state index >= 15 is 0 Å². The standard InChI is InChI=1S/C14H25NO2S2.C8H8O2/c1-15(9-5-7-13-8-6-11-18-13)14(16)17-10-12-19(2,3)4;9-6-5-7-3-1-2-4-8(7)10/h6,8,11H,5,7,9-10,12H2,1-4H3;1-4,6,10H,5H2. The lowest BCUT2D eigenvalue weighted by atomic mass is 10.1. The van der Waals surface area contributed by atoms with Crippen molar-refractivity contribution in [1.82, 2.24) is 4.90 Å². The maximum absolute atomic E-state index is 11.7. The van der Waals surface area contributed by atoms with Gasteiger partial charge in [0.05, 0.1) is 0 Å². The van der Waals surface area contributed by atoms with Gasteiger partial charge in [0, 0.05) is 36.2 Å². The van der Waals surface area contributed by atoms with Crippen molar-refractivity contribution >= 4 is 33.7 Å². The molecule has 0 spiro atoms. The van der Waals surface area contributed by atoms with Gasteiger partial charge in [-0.05, 0) is 49.1 Å². The molecule has 0 atom stereocenters. The molecule has 1 aromatic heterocycles. The Kier molecular flexibility index (Phi) is 11.5. The van der Waals surface area contributed by atoms with E-state index in [9.17, 15) is 9.59 Å². The Morgan fingerprint density at radius 2 is 1.93 bits per heavy atom. The summed E-state index contributed by atoms with van der Waals surface area (Å²) in [7, 11) is 1.22. The molecule has 0 aliphatic rings. The molecule has 1 N–H and O–H groups in total. The Hall–Kier alpha value is -1.99. The number of rotatable bonds is 9. The van der Waals surface area contributed by atoms with E-state index in [1.54, 1.807) is 47.5 Å². The predicted molar refractivity (Wildman–Crippen MR) is 125 cm³/mol. The normalized spacial score (nSPS) is 11.2. The summed E-state index contributed by atoms with van der Waals surface area (Å²) in [5.41, 5.74) is 0.678. The molecule has 1 heterocycles. The number of carbonyl (C=O) groups excluding carboxylic acids is 2. The molecule has 0 radical (unpaired) electrons. The number of hydrogen-bond acceptors (Lipinski definition) is 5. The van der Waals surface area contributed by atoms with Gasteiger partial charge in [-0.2, -0.15) is 0 Å². The lowest BCUT2D eigenvalue weighted by molar-refractivity contribution is -0.107. The van der Waals surface area contributed by atoms with E-state index in [4.69, 9.17) is 9.84 Å². The van der Waals surface area contributed by atoms with Crippen molar-refractivity contribution in [3.05, 3.63) is 52.2 Å². The Morgan fingerprint density at radius 1 is 1.21 bits per heavy atom. The number of hydrogen-bond donors (Lipinski definition) is 1. The van der Waals surface area contributed by atoms with Crippen LogP contribution in [0.15, 0.2) is 41.8 Å². The monoisotopic (exact) mass is 439 g/mol. The Morgan fingerprint density at radius 3 is 2.52 bits per heavy atom. The topological polar surface area (TPSA) is 66.8 Å². The number of benzene rings is 1. The molecule has 5 nitrogen and oxygen atoms in total. The van der Waals surface area contributed by atoms with Crippen LogP contribution in [0.1, 0.15) is 16.9 Å². The number of ether oxygens (including phenoxy) is 1. The van der Waals surface area contributed by atoms with E-state index in [2.05, 4.69) is 36.3 Å². The van der Waals surface area contributed by atoms with Crippen molar-refractivity contribution in [2.75, 3.05) is 44.7 Å². The van der Waals surface area contributed by atoms with Crippen molar-refractivity contribution in [3.63, 3.8) is 0 Å². The van der Waals surface area contributed by atoms with E-state index in [1.807, 2.05) is 0 Å². The number of thiophene rings is 1. The molecule has 1 aromatic carbocycles. The van der Waals surface area contributed by atoms with Crippen LogP contribution in [0.4, 0.5) is 4.79 Å². The molecule has 0 aliphatic carbocycles. The maximum atomic E-state index is 11.7. The lowest BCUT2D eigenvalue weighted by Crippen LogP contribution is -2.29. The second kappa shape index (κ2) is 13.3. The van der Waals surface area contributed by atoms with Gasteiger partial charge in [0.2, 0.25) is 0 Å². The van der Waals surface area contributed by atoms with E-state index in [0.29, 0.717) is 12.2 Å². The predicted octanol–water partition coefficient (Wildman–Crippen LogP) is 4.58. The molecule has 2 aromatic rings. The number of para-hydroxylation sites is 1. The fourth-order valence-electron chi connectivity index (χ4n) is 2.30. The number of phenolic OH excluding ortho intramolecular Hbond substituents is 1. The van der Waals surface area contributed by atoms with Gasteiger partial charge in [0.1, 0.15) is 18.6 Å². The van der Waals surface area contributed by atoms with Crippen LogP contribution in [0.3, 0.4) is 0 Å². The van der Waals surface area contributed by atoms with Gasteiger partial charge in [0.25, 0.3) is 0 Å². The highest BCUT2D eigenvalue weighted by molar-refractivity contribution is 8.32. The van der Waals surface area contributed by atoms with Gasteiger partial charge in [-0.3, -0.25) is 0 Å². The fourth-order valence-corrected chi connectivity index (χ4v) is 3.63. The van der Waals surface area contributed by atoms with Crippen molar-refractivity contribution in [3.8, 4) is 5.75 Å². The Bertz CT molecular complexity index is 727. The van der Waals surface area contributed by atoms with Crippen LogP contribution in [-0.2, 0) is 22.4 Å². The second-order valence-electron chi connectivity index (χ2n) is 7.51. The summed E-state index contributed by atoms with van der Waals surface area (Å²) in [6, 6.07) is 11.0. The highest BCUT2D eigenvalue weighted by atomic mass is 32.3. The first-order valence-corrected chi connectivity index (χ1v) is 13.4. The molecule has 162 valence electrons. The Labute approximate surface area is 180 Å². The summed E-state index contributed by atoms with van der Waals surface area (Å²) >= 11 is 1.77. The number of aryl methyl sites for hydroxylation is 1. The summed E-state index contributed by atoms with van der Waals surface area (Å²) in [5, 5.41) is 11.2. The highest BCUT2D eigenvalue weighted by Gasteiger charge is 2.11. The SMILES string of the molecule is CN(CCCc1cccs1)C(=O)OCCS(C)(C)C.O=CCc1ccccc1O. The summed E-state index contributed by atoms with van der Waals surface area (Å²) in [6.07, 6.45) is 9.55. The highest BCUT2D eigenvalue weighted by Crippen LogP contribution is 2.33. The summed E-state index contributed by atoms with van der Waals surface area (Å²) < 4.78 is 5.28. The third-order valence-electron chi connectivity index (χ3n) is 4.02. The molecule has 1 amide bonds. The third kappa shape index (κ3) is 11.6. The number of nitrogens with zero attached hydrogens (tertiary/aromatic N) is 1. The summed E-state index contributed by atoms with van der Waals surface area (Å²) in [5.74, 6) is 1.16. The molecule has 0 aliphatic heterocycles. The molecule has 0 saturated carbocycles. The van der Waals surface area contributed by atoms with Crippen LogP contribution < -0.4 is 0 Å². The zero-order valence-electron chi connectivity index (χ0n) is 17.8. The summed E-state index contributed by atoms with van der Waals surface area (Å²) in [6.45, 7) is 1.28. The van der Waals surface area contributed by atoms with Crippen LogP contribution >= 0.6 is 21.4 Å². The molecule has 7 heteroatoms. The molecule has 0 bridgehead atoms.